The number of hydrogen-bond donors (Lipinski definition) is 1. The molecule has 0 radical (unpaired) electrons. The summed E-state index contributed by atoms with van der Waals surface area (Å²) < 4.78 is 1.70. The van der Waals surface area contributed by atoms with Crippen LogP contribution in [0.4, 0.5) is 5.69 Å². The molecule has 4 nitrogen and oxygen atoms in total. The molecule has 2 aromatic rings. The molecule has 6 heteroatoms. The van der Waals surface area contributed by atoms with Gasteiger partial charge in [0.2, 0.25) is 0 Å². The summed E-state index contributed by atoms with van der Waals surface area (Å²) in [6.07, 6.45) is 0. The lowest BCUT2D eigenvalue weighted by Crippen LogP contribution is -2.18. The van der Waals surface area contributed by atoms with Gasteiger partial charge in [0, 0.05) is 35.9 Å². The molecule has 0 fully saturated rings. The van der Waals surface area contributed by atoms with E-state index in [9.17, 15) is 4.79 Å². The van der Waals surface area contributed by atoms with Crippen molar-refractivity contribution < 1.29 is 0 Å². The monoisotopic (exact) mass is 285 g/mol. The molecule has 1 N–H and O–H groups in total. The SMILES string of the molecule is CN(Cc1cc(=O)[nH]n1C)c1cc(Cl)cc(Cl)c1. The number of benzene rings is 1. The van der Waals surface area contributed by atoms with Gasteiger partial charge in [0.25, 0.3) is 5.56 Å². The van der Waals surface area contributed by atoms with Crippen LogP contribution in [0.3, 0.4) is 0 Å². The summed E-state index contributed by atoms with van der Waals surface area (Å²) >= 11 is 11.9. The Hall–Kier alpha value is -1.39. The second-order valence-electron chi connectivity index (χ2n) is 4.15. The molecule has 0 saturated heterocycles. The Labute approximate surface area is 115 Å². The number of nitrogens with one attached hydrogen (secondary N) is 1. The van der Waals surface area contributed by atoms with Crippen molar-refractivity contribution in [1.82, 2.24) is 9.78 Å². The molecular weight excluding hydrogens is 273 g/mol. The Morgan fingerprint density at radius 2 is 1.83 bits per heavy atom. The zero-order valence-corrected chi connectivity index (χ0v) is 11.6. The first-order chi connectivity index (χ1) is 8.45. The van der Waals surface area contributed by atoms with Crippen LogP contribution in [0.25, 0.3) is 0 Å². The molecule has 0 aliphatic rings. The van der Waals surface area contributed by atoms with Crippen LogP contribution >= 0.6 is 23.2 Å². The summed E-state index contributed by atoms with van der Waals surface area (Å²) in [6.45, 7) is 0.589. The van der Waals surface area contributed by atoms with Crippen molar-refractivity contribution in [3.8, 4) is 0 Å². The summed E-state index contributed by atoms with van der Waals surface area (Å²) in [7, 11) is 3.72. The van der Waals surface area contributed by atoms with Gasteiger partial charge in [-0.1, -0.05) is 23.2 Å². The Kier molecular flexibility index (Phi) is 3.68. The Balaban J connectivity index is 2.24. The maximum Gasteiger partial charge on any atom is 0.264 e. The largest absolute Gasteiger partial charge is 0.369 e. The molecule has 1 heterocycles. The van der Waals surface area contributed by atoms with Gasteiger partial charge in [-0.25, -0.2) is 0 Å². The number of aromatic nitrogens is 2. The fourth-order valence-corrected chi connectivity index (χ4v) is 2.28. The van der Waals surface area contributed by atoms with Crippen LogP contribution in [0.1, 0.15) is 5.69 Å². The third-order valence-electron chi connectivity index (χ3n) is 2.69. The molecule has 0 aliphatic carbocycles. The Morgan fingerprint density at radius 3 is 2.33 bits per heavy atom. The van der Waals surface area contributed by atoms with Gasteiger partial charge < -0.3 is 4.90 Å². The van der Waals surface area contributed by atoms with Gasteiger partial charge in [0.1, 0.15) is 0 Å². The molecule has 0 unspecified atom stereocenters. The van der Waals surface area contributed by atoms with E-state index in [-0.39, 0.29) is 5.56 Å². The molecule has 96 valence electrons. The average Bonchev–Trinajstić information content (AvgIpc) is 2.56. The van der Waals surface area contributed by atoms with Gasteiger partial charge in [0.05, 0.1) is 12.2 Å². The van der Waals surface area contributed by atoms with Crippen molar-refractivity contribution in [2.45, 2.75) is 6.54 Å². The van der Waals surface area contributed by atoms with Gasteiger partial charge >= 0.3 is 0 Å². The summed E-state index contributed by atoms with van der Waals surface area (Å²) in [5.41, 5.74) is 1.68. The molecule has 1 aromatic carbocycles. The zero-order valence-electron chi connectivity index (χ0n) is 10.1. The lowest BCUT2D eigenvalue weighted by Gasteiger charge is -2.19. The van der Waals surface area contributed by atoms with Crippen molar-refractivity contribution in [2.24, 2.45) is 7.05 Å². The van der Waals surface area contributed by atoms with E-state index in [1.54, 1.807) is 23.9 Å². The highest BCUT2D eigenvalue weighted by atomic mass is 35.5. The smallest absolute Gasteiger partial charge is 0.264 e. The number of hydrogen-bond acceptors (Lipinski definition) is 2. The predicted octanol–water partition coefficient (Wildman–Crippen LogP) is 2.66. The lowest BCUT2D eigenvalue weighted by atomic mass is 10.3. The summed E-state index contributed by atoms with van der Waals surface area (Å²) in [5.74, 6) is 0. The summed E-state index contributed by atoms with van der Waals surface area (Å²) in [6, 6.07) is 6.92. The first-order valence-electron chi connectivity index (χ1n) is 5.38. The zero-order chi connectivity index (χ0) is 13.3. The number of aromatic amines is 1. The fourth-order valence-electron chi connectivity index (χ4n) is 1.76. The third kappa shape index (κ3) is 2.89. The quantitative estimate of drug-likeness (QED) is 0.942. The maximum absolute atomic E-state index is 11.2. The minimum atomic E-state index is -0.106. The molecule has 18 heavy (non-hydrogen) atoms. The molecule has 0 spiro atoms. The number of anilines is 1. The van der Waals surface area contributed by atoms with Crippen LogP contribution in [-0.2, 0) is 13.6 Å². The molecule has 0 amide bonds. The van der Waals surface area contributed by atoms with Crippen LogP contribution in [0.15, 0.2) is 29.1 Å². The standard InChI is InChI=1S/C12H13Cl2N3O/c1-16(7-11-6-12(18)15-17(11)2)10-4-8(13)3-9(14)5-10/h3-6H,7H2,1-2H3,(H,15,18). The second kappa shape index (κ2) is 5.08. The van der Waals surface area contributed by atoms with Gasteiger partial charge in [-0.2, -0.15) is 0 Å². The van der Waals surface area contributed by atoms with Crippen molar-refractivity contribution in [3.63, 3.8) is 0 Å². The maximum atomic E-state index is 11.2. The lowest BCUT2D eigenvalue weighted by molar-refractivity contribution is 0.694. The minimum Gasteiger partial charge on any atom is -0.369 e. The van der Waals surface area contributed by atoms with E-state index in [1.807, 2.05) is 24.1 Å². The summed E-state index contributed by atoms with van der Waals surface area (Å²) in [4.78, 5) is 13.2. The van der Waals surface area contributed by atoms with E-state index < -0.39 is 0 Å². The number of aryl methyl sites for hydroxylation is 1. The predicted molar refractivity (Wildman–Crippen MR) is 74.6 cm³/mol. The van der Waals surface area contributed by atoms with Crippen LogP contribution in [0.5, 0.6) is 0 Å². The molecular formula is C12H13Cl2N3O. The van der Waals surface area contributed by atoms with E-state index in [4.69, 9.17) is 23.2 Å². The third-order valence-corrected chi connectivity index (χ3v) is 3.13. The average molecular weight is 286 g/mol. The number of rotatable bonds is 3. The van der Waals surface area contributed by atoms with Gasteiger partial charge in [-0.05, 0) is 18.2 Å². The van der Waals surface area contributed by atoms with Crippen molar-refractivity contribution in [2.75, 3.05) is 11.9 Å². The van der Waals surface area contributed by atoms with Gasteiger partial charge in [-0.15, -0.1) is 0 Å². The van der Waals surface area contributed by atoms with Crippen LogP contribution in [0.2, 0.25) is 10.0 Å². The number of H-pyrrole nitrogens is 1. The minimum absolute atomic E-state index is 0.106. The normalized spacial score (nSPS) is 10.7. The van der Waals surface area contributed by atoms with E-state index >= 15 is 0 Å². The highest BCUT2D eigenvalue weighted by Crippen LogP contribution is 2.25. The second-order valence-corrected chi connectivity index (χ2v) is 5.03. The van der Waals surface area contributed by atoms with E-state index in [2.05, 4.69) is 5.10 Å². The van der Waals surface area contributed by atoms with Crippen molar-refractivity contribution in [1.29, 1.82) is 0 Å². The van der Waals surface area contributed by atoms with Gasteiger partial charge in [0.15, 0.2) is 0 Å². The first-order valence-corrected chi connectivity index (χ1v) is 6.13. The molecule has 0 bridgehead atoms. The molecule has 0 aliphatic heterocycles. The molecule has 0 saturated carbocycles. The molecule has 1 aromatic heterocycles. The fraction of sp³-hybridized carbons (Fsp3) is 0.250. The van der Waals surface area contributed by atoms with Crippen molar-refractivity contribution >= 4 is 28.9 Å². The van der Waals surface area contributed by atoms with E-state index in [1.165, 1.54) is 0 Å². The highest BCUT2D eigenvalue weighted by molar-refractivity contribution is 6.35. The summed E-state index contributed by atoms with van der Waals surface area (Å²) in [5, 5.41) is 3.85. The van der Waals surface area contributed by atoms with Gasteiger partial charge in [-0.3, -0.25) is 14.6 Å². The highest BCUT2D eigenvalue weighted by Gasteiger charge is 2.08. The Morgan fingerprint density at radius 1 is 1.22 bits per heavy atom. The first kappa shape index (κ1) is 13.1. The Bertz CT molecular complexity index is 598. The molecule has 0 atom stereocenters. The van der Waals surface area contributed by atoms with E-state index in [0.29, 0.717) is 16.6 Å². The van der Waals surface area contributed by atoms with Crippen molar-refractivity contribution in [3.05, 3.63) is 50.4 Å². The van der Waals surface area contributed by atoms with Crippen LogP contribution in [-0.4, -0.2) is 16.8 Å². The van der Waals surface area contributed by atoms with E-state index in [0.717, 1.165) is 11.4 Å². The number of nitrogens with zero attached hydrogens (tertiary/aromatic N) is 2. The number of halogens is 2. The van der Waals surface area contributed by atoms with Crippen LogP contribution in [0, 0.1) is 0 Å². The topological polar surface area (TPSA) is 41.0 Å². The van der Waals surface area contributed by atoms with Crippen LogP contribution < -0.4 is 10.5 Å². The molecule has 2 rings (SSSR count).